The fourth-order valence-corrected chi connectivity index (χ4v) is 3.52. The lowest BCUT2D eigenvalue weighted by Crippen LogP contribution is -2.19. The van der Waals surface area contributed by atoms with Crippen LogP contribution in [-0.2, 0) is 28.8 Å². The Labute approximate surface area is 297 Å². The van der Waals surface area contributed by atoms with Crippen LogP contribution in [-0.4, -0.2) is 43.6 Å². The predicted octanol–water partition coefficient (Wildman–Crippen LogP) is 7.62. The number of benzene rings is 3. The Morgan fingerprint density at radius 2 is 1.14 bits per heavy atom. The van der Waals surface area contributed by atoms with Gasteiger partial charge in [0.15, 0.2) is 0 Å². The highest BCUT2D eigenvalue weighted by molar-refractivity contribution is 6.34. The monoisotopic (exact) mass is 698 g/mol. The van der Waals surface area contributed by atoms with E-state index in [0.29, 0.717) is 57.3 Å². The van der Waals surface area contributed by atoms with Gasteiger partial charge in [-0.15, -0.1) is 0 Å². The Hall–Kier alpha value is -6.36. The zero-order chi connectivity index (χ0) is 38.7. The van der Waals surface area contributed by atoms with Gasteiger partial charge in [-0.05, 0) is 94.3 Å². The molecule has 0 fully saturated rings. The number of Topliss-reactive ketones (excluding diaryl/α,β-unsaturated/α-hetero) is 1. The first-order chi connectivity index (χ1) is 24.1. The first-order valence-corrected chi connectivity index (χ1v) is 15.3. The quantitative estimate of drug-likeness (QED) is 0.0571. The third kappa shape index (κ3) is 15.2. The molecule has 0 saturated heterocycles. The zero-order valence-corrected chi connectivity index (χ0v) is 29.8. The molecule has 0 heterocycles. The zero-order valence-electron chi connectivity index (χ0n) is 29.8. The SMILES string of the molecule is C=C(C)C(=O)Oc1ccc(-c2cc(OC(=O)C(=O)CC)c(C=C(C)C)cc2OC)cc1.C=C(C)C(=O)Oc1ccc(OC=O)cc1.C=C(C)C=O. The molecule has 3 aromatic rings. The van der Waals surface area contributed by atoms with E-state index in [1.807, 2.05) is 19.9 Å². The van der Waals surface area contributed by atoms with E-state index in [1.165, 1.54) is 24.3 Å². The van der Waals surface area contributed by atoms with Gasteiger partial charge in [0.05, 0.1) is 7.11 Å². The van der Waals surface area contributed by atoms with Gasteiger partial charge in [0, 0.05) is 28.7 Å². The standard InChI is InChI=1S/C25H26O6.C11H10O4.C4H6O/c1-7-21(26)25(28)31-22-14-20(23(29-6)13-18(22)12-15(2)3)17-8-10-19(11-9-17)30-24(27)16(4)5;1-8(2)11(13)15-10-5-3-9(4-6-10)14-7-12;1-4(2)3-5/h8-14H,4,7H2,1-3,5-6H3;3-7H,1H2,2H3;3H,1H2,2H3. The second-order valence-electron chi connectivity index (χ2n) is 11.0. The van der Waals surface area contributed by atoms with Crippen LogP contribution in [0, 0.1) is 0 Å². The van der Waals surface area contributed by atoms with Crippen LogP contribution < -0.4 is 23.7 Å². The number of hydrogen-bond acceptors (Lipinski definition) is 11. The summed E-state index contributed by atoms with van der Waals surface area (Å²) in [6.45, 7) is 20.9. The summed E-state index contributed by atoms with van der Waals surface area (Å²) >= 11 is 0. The molecule has 3 rings (SSSR count). The van der Waals surface area contributed by atoms with E-state index >= 15 is 0 Å². The summed E-state index contributed by atoms with van der Waals surface area (Å²) in [5, 5.41) is 0. The van der Waals surface area contributed by atoms with Crippen molar-refractivity contribution in [2.45, 2.75) is 48.0 Å². The number of hydrogen-bond donors (Lipinski definition) is 0. The fraction of sp³-hybridized carbons (Fsp3) is 0.200. The second kappa shape index (κ2) is 21.6. The molecule has 0 aromatic heterocycles. The summed E-state index contributed by atoms with van der Waals surface area (Å²) in [5.74, 6) is -0.570. The van der Waals surface area contributed by atoms with Gasteiger partial charge >= 0.3 is 17.9 Å². The van der Waals surface area contributed by atoms with Crippen molar-refractivity contribution in [1.82, 2.24) is 0 Å². The Balaban J connectivity index is 0.000000536. The van der Waals surface area contributed by atoms with Crippen molar-refractivity contribution in [3.63, 3.8) is 0 Å². The lowest BCUT2D eigenvalue weighted by atomic mass is 10.0. The van der Waals surface area contributed by atoms with Crippen LogP contribution in [0.5, 0.6) is 28.7 Å². The molecule has 0 radical (unpaired) electrons. The van der Waals surface area contributed by atoms with Gasteiger partial charge in [0.2, 0.25) is 5.78 Å². The Morgan fingerprint density at radius 1 is 0.667 bits per heavy atom. The van der Waals surface area contributed by atoms with Crippen molar-refractivity contribution in [3.05, 3.63) is 108 Å². The minimum atomic E-state index is -0.913. The molecule has 0 bridgehead atoms. The highest BCUT2D eigenvalue weighted by atomic mass is 16.5. The molecule has 0 amide bonds. The molecule has 0 aliphatic rings. The predicted molar refractivity (Wildman–Crippen MR) is 194 cm³/mol. The number of carbonyl (C=O) groups excluding carboxylic acids is 6. The maximum atomic E-state index is 12.1. The summed E-state index contributed by atoms with van der Waals surface area (Å²) in [6, 6.07) is 16.3. The molecule has 11 heteroatoms. The van der Waals surface area contributed by atoms with Crippen LogP contribution in [0.3, 0.4) is 0 Å². The smallest absolute Gasteiger partial charge is 0.379 e. The van der Waals surface area contributed by atoms with Gasteiger partial charge in [-0.3, -0.25) is 14.4 Å². The number of carbonyl (C=O) groups is 6. The molecule has 0 aliphatic carbocycles. The average molecular weight is 699 g/mol. The lowest BCUT2D eigenvalue weighted by Gasteiger charge is -2.15. The minimum absolute atomic E-state index is 0.0597. The van der Waals surface area contributed by atoms with Gasteiger partial charge in [-0.1, -0.05) is 50.4 Å². The maximum absolute atomic E-state index is 12.1. The Morgan fingerprint density at radius 3 is 1.53 bits per heavy atom. The van der Waals surface area contributed by atoms with E-state index in [-0.39, 0.29) is 12.2 Å². The fourth-order valence-electron chi connectivity index (χ4n) is 3.52. The molecule has 0 atom stereocenters. The van der Waals surface area contributed by atoms with E-state index in [2.05, 4.69) is 24.5 Å². The van der Waals surface area contributed by atoms with Crippen LogP contribution in [0.4, 0.5) is 0 Å². The van der Waals surface area contributed by atoms with Crippen LogP contribution >= 0.6 is 0 Å². The number of ketones is 1. The van der Waals surface area contributed by atoms with Crippen LogP contribution in [0.1, 0.15) is 53.5 Å². The molecule has 3 aromatic carbocycles. The van der Waals surface area contributed by atoms with Gasteiger partial charge < -0.3 is 23.7 Å². The maximum Gasteiger partial charge on any atom is 0.379 e. The molecular formula is C40H42O11. The van der Waals surface area contributed by atoms with E-state index in [0.717, 1.165) is 17.4 Å². The third-order valence-corrected chi connectivity index (χ3v) is 6.02. The number of rotatable bonds is 13. The number of ether oxygens (including phenoxy) is 5. The highest BCUT2D eigenvalue weighted by Gasteiger charge is 2.19. The molecule has 0 unspecified atom stereocenters. The van der Waals surface area contributed by atoms with Crippen molar-refractivity contribution in [3.8, 4) is 39.9 Å². The summed E-state index contributed by atoms with van der Waals surface area (Å²) in [7, 11) is 1.54. The molecule has 11 nitrogen and oxygen atoms in total. The van der Waals surface area contributed by atoms with Gasteiger partial charge in [0.1, 0.15) is 35.0 Å². The van der Waals surface area contributed by atoms with Gasteiger partial charge in [0.25, 0.3) is 6.47 Å². The van der Waals surface area contributed by atoms with E-state index in [9.17, 15) is 28.8 Å². The van der Waals surface area contributed by atoms with E-state index in [1.54, 1.807) is 71.2 Å². The number of methoxy groups -OCH3 is 1. The number of esters is 3. The van der Waals surface area contributed by atoms with Crippen molar-refractivity contribution >= 4 is 42.5 Å². The molecule has 51 heavy (non-hydrogen) atoms. The van der Waals surface area contributed by atoms with Crippen LogP contribution in [0.25, 0.3) is 17.2 Å². The topological polar surface area (TPSA) is 149 Å². The van der Waals surface area contributed by atoms with Gasteiger partial charge in [-0.25, -0.2) is 14.4 Å². The normalized spacial score (nSPS) is 9.47. The molecule has 268 valence electrons. The molecule has 0 saturated carbocycles. The summed E-state index contributed by atoms with van der Waals surface area (Å²) in [4.78, 5) is 66.1. The first kappa shape index (κ1) is 42.7. The third-order valence-electron chi connectivity index (χ3n) is 6.02. The molecule has 0 spiro atoms. The highest BCUT2D eigenvalue weighted by Crippen LogP contribution is 2.38. The van der Waals surface area contributed by atoms with Crippen molar-refractivity contribution in [1.29, 1.82) is 0 Å². The number of aldehydes is 1. The van der Waals surface area contributed by atoms with E-state index < -0.39 is 23.7 Å². The largest absolute Gasteiger partial charge is 0.496 e. The van der Waals surface area contributed by atoms with E-state index in [4.69, 9.17) is 18.9 Å². The van der Waals surface area contributed by atoms with Crippen LogP contribution in [0.15, 0.2) is 103 Å². The van der Waals surface area contributed by atoms with Crippen molar-refractivity contribution in [2.24, 2.45) is 0 Å². The van der Waals surface area contributed by atoms with Crippen molar-refractivity contribution in [2.75, 3.05) is 7.11 Å². The first-order valence-electron chi connectivity index (χ1n) is 15.3. The second-order valence-corrected chi connectivity index (χ2v) is 11.0. The number of allylic oxidation sites excluding steroid dienone is 2. The van der Waals surface area contributed by atoms with Gasteiger partial charge in [-0.2, -0.15) is 0 Å². The van der Waals surface area contributed by atoms with Crippen LogP contribution in [0.2, 0.25) is 0 Å². The Bertz CT molecular complexity index is 1790. The lowest BCUT2D eigenvalue weighted by molar-refractivity contribution is -0.146. The minimum Gasteiger partial charge on any atom is -0.496 e. The molecule has 0 aliphatic heterocycles. The summed E-state index contributed by atoms with van der Waals surface area (Å²) in [5.41, 5.74) is 4.19. The summed E-state index contributed by atoms with van der Waals surface area (Å²) < 4.78 is 25.7. The Kier molecular flexibility index (Phi) is 18.0. The average Bonchev–Trinajstić information content (AvgIpc) is 3.09. The van der Waals surface area contributed by atoms with Crippen molar-refractivity contribution < 1.29 is 52.5 Å². The summed E-state index contributed by atoms with van der Waals surface area (Å²) in [6.07, 6.45) is 2.62. The molecular weight excluding hydrogens is 656 g/mol. The molecule has 0 N–H and O–H groups in total.